The van der Waals surface area contributed by atoms with Crippen molar-refractivity contribution in [1.82, 2.24) is 15.3 Å². The molecule has 1 aliphatic rings. The molecule has 0 atom stereocenters. The van der Waals surface area contributed by atoms with Gasteiger partial charge in [-0.15, -0.1) is 12.4 Å². The second-order valence-corrected chi connectivity index (χ2v) is 3.41. The number of pyridine rings is 1. The zero-order valence-corrected chi connectivity index (χ0v) is 8.53. The summed E-state index contributed by atoms with van der Waals surface area (Å²) in [5.41, 5.74) is 3.78. The molecular weight excluding hydrogens is 198 g/mol. The van der Waals surface area contributed by atoms with Crippen LogP contribution >= 0.6 is 12.4 Å². The van der Waals surface area contributed by atoms with Crippen molar-refractivity contribution in [2.75, 3.05) is 6.54 Å². The molecule has 2 aromatic heterocycles. The first-order chi connectivity index (χ1) is 6.45. The Morgan fingerprint density at radius 1 is 1.36 bits per heavy atom. The van der Waals surface area contributed by atoms with Crippen molar-refractivity contribution in [2.24, 2.45) is 0 Å². The number of nitrogens with one attached hydrogen (secondary N) is 2. The molecule has 0 saturated heterocycles. The Bertz CT molecular complexity index is 450. The fraction of sp³-hybridized carbons (Fsp3) is 0.300. The maximum Gasteiger partial charge on any atom is 0.137 e. The molecule has 0 bridgehead atoms. The maximum absolute atomic E-state index is 4.30. The van der Waals surface area contributed by atoms with Gasteiger partial charge in [-0.25, -0.2) is 4.98 Å². The van der Waals surface area contributed by atoms with Gasteiger partial charge in [-0.3, -0.25) is 0 Å². The van der Waals surface area contributed by atoms with E-state index < -0.39 is 0 Å². The van der Waals surface area contributed by atoms with Crippen LogP contribution in [0.5, 0.6) is 0 Å². The Labute approximate surface area is 88.3 Å². The standard InChI is InChI=1S/C10H11N3.ClH/c1-2-8-7-3-5-11-6-9(7)13-10(8)12-4-1;/h1-2,4,11H,3,5-6H2,(H,12,13);1H. The summed E-state index contributed by atoms with van der Waals surface area (Å²) in [5, 5.41) is 4.63. The van der Waals surface area contributed by atoms with Gasteiger partial charge in [0.15, 0.2) is 0 Å². The zero-order valence-electron chi connectivity index (χ0n) is 7.71. The lowest BCUT2D eigenvalue weighted by Crippen LogP contribution is -2.22. The molecule has 3 heterocycles. The second-order valence-electron chi connectivity index (χ2n) is 3.41. The first-order valence-electron chi connectivity index (χ1n) is 4.60. The molecule has 0 amide bonds. The van der Waals surface area contributed by atoms with Crippen LogP contribution in [0.25, 0.3) is 11.0 Å². The van der Waals surface area contributed by atoms with E-state index in [0.29, 0.717) is 0 Å². The highest BCUT2D eigenvalue weighted by molar-refractivity contribution is 5.85. The van der Waals surface area contributed by atoms with Crippen LogP contribution in [0, 0.1) is 0 Å². The van der Waals surface area contributed by atoms with Gasteiger partial charge in [-0.1, -0.05) is 0 Å². The van der Waals surface area contributed by atoms with Gasteiger partial charge in [0, 0.05) is 23.8 Å². The SMILES string of the molecule is Cl.c1cnc2[nH]c3c(c2c1)CCNC3. The molecule has 0 spiro atoms. The molecule has 4 heteroatoms. The molecule has 0 fully saturated rings. The van der Waals surface area contributed by atoms with E-state index in [1.54, 1.807) is 0 Å². The highest BCUT2D eigenvalue weighted by Crippen LogP contribution is 2.22. The smallest absolute Gasteiger partial charge is 0.137 e. The van der Waals surface area contributed by atoms with Crippen LogP contribution in [0.1, 0.15) is 11.3 Å². The van der Waals surface area contributed by atoms with Crippen molar-refractivity contribution in [3.63, 3.8) is 0 Å². The van der Waals surface area contributed by atoms with Crippen LogP contribution in [0.15, 0.2) is 18.3 Å². The summed E-state index contributed by atoms with van der Waals surface area (Å²) in [6.07, 6.45) is 2.94. The molecule has 14 heavy (non-hydrogen) atoms. The Morgan fingerprint density at radius 3 is 3.21 bits per heavy atom. The van der Waals surface area contributed by atoms with Crippen LogP contribution in [-0.4, -0.2) is 16.5 Å². The number of aromatic amines is 1. The Balaban J connectivity index is 0.000000750. The number of nitrogens with zero attached hydrogens (tertiary/aromatic N) is 1. The van der Waals surface area contributed by atoms with E-state index in [4.69, 9.17) is 0 Å². The van der Waals surface area contributed by atoms with Gasteiger partial charge in [-0.2, -0.15) is 0 Å². The predicted octanol–water partition coefficient (Wildman–Crippen LogP) is 1.63. The average molecular weight is 210 g/mol. The van der Waals surface area contributed by atoms with E-state index >= 15 is 0 Å². The first kappa shape index (κ1) is 9.49. The fourth-order valence-corrected chi connectivity index (χ4v) is 1.99. The summed E-state index contributed by atoms with van der Waals surface area (Å²) in [6.45, 7) is 2.03. The molecule has 3 nitrogen and oxygen atoms in total. The van der Waals surface area contributed by atoms with Crippen molar-refractivity contribution in [1.29, 1.82) is 0 Å². The van der Waals surface area contributed by atoms with E-state index in [0.717, 1.165) is 25.2 Å². The summed E-state index contributed by atoms with van der Waals surface area (Å²) in [4.78, 5) is 7.65. The average Bonchev–Trinajstić information content (AvgIpc) is 2.56. The number of aromatic nitrogens is 2. The molecule has 0 radical (unpaired) electrons. The minimum atomic E-state index is 0. The molecule has 0 saturated carbocycles. The van der Waals surface area contributed by atoms with E-state index in [1.165, 1.54) is 16.6 Å². The lowest BCUT2D eigenvalue weighted by molar-refractivity contribution is 0.637. The molecule has 1 aliphatic heterocycles. The summed E-state index contributed by atoms with van der Waals surface area (Å²) in [5.74, 6) is 0. The van der Waals surface area contributed by atoms with Crippen molar-refractivity contribution >= 4 is 23.4 Å². The lowest BCUT2D eigenvalue weighted by Gasteiger charge is -2.11. The summed E-state index contributed by atoms with van der Waals surface area (Å²) < 4.78 is 0. The number of hydrogen-bond acceptors (Lipinski definition) is 2. The molecule has 0 aromatic carbocycles. The Hall–Kier alpha value is -1.06. The highest BCUT2D eigenvalue weighted by atomic mass is 35.5. The number of hydrogen-bond donors (Lipinski definition) is 2. The van der Waals surface area contributed by atoms with Gasteiger partial charge in [-0.05, 0) is 30.7 Å². The van der Waals surface area contributed by atoms with Gasteiger partial charge >= 0.3 is 0 Å². The van der Waals surface area contributed by atoms with E-state index in [9.17, 15) is 0 Å². The molecular formula is C10H12ClN3. The Kier molecular flexibility index (Phi) is 2.44. The monoisotopic (exact) mass is 209 g/mol. The third kappa shape index (κ3) is 1.29. The number of H-pyrrole nitrogens is 1. The van der Waals surface area contributed by atoms with Crippen molar-refractivity contribution < 1.29 is 0 Å². The van der Waals surface area contributed by atoms with Crippen molar-refractivity contribution in [2.45, 2.75) is 13.0 Å². The first-order valence-corrected chi connectivity index (χ1v) is 4.60. The third-order valence-corrected chi connectivity index (χ3v) is 2.62. The number of fused-ring (bicyclic) bond motifs is 3. The molecule has 0 unspecified atom stereocenters. The third-order valence-electron chi connectivity index (χ3n) is 2.62. The minimum Gasteiger partial charge on any atom is -0.342 e. The second kappa shape index (κ2) is 3.59. The normalized spacial score (nSPS) is 14.9. The highest BCUT2D eigenvalue weighted by Gasteiger charge is 2.14. The topological polar surface area (TPSA) is 40.7 Å². The van der Waals surface area contributed by atoms with Gasteiger partial charge in [0.05, 0.1) is 0 Å². The molecule has 0 aliphatic carbocycles. The van der Waals surface area contributed by atoms with E-state index in [-0.39, 0.29) is 12.4 Å². The minimum absolute atomic E-state index is 0. The van der Waals surface area contributed by atoms with Crippen LogP contribution in [0.4, 0.5) is 0 Å². The quantitative estimate of drug-likeness (QED) is 0.693. The van der Waals surface area contributed by atoms with Crippen molar-refractivity contribution in [3.05, 3.63) is 29.6 Å². The number of rotatable bonds is 0. The fourth-order valence-electron chi connectivity index (χ4n) is 1.99. The van der Waals surface area contributed by atoms with Gasteiger partial charge in [0.25, 0.3) is 0 Å². The lowest BCUT2D eigenvalue weighted by atomic mass is 10.1. The van der Waals surface area contributed by atoms with Gasteiger partial charge < -0.3 is 10.3 Å². The van der Waals surface area contributed by atoms with Crippen LogP contribution < -0.4 is 5.32 Å². The van der Waals surface area contributed by atoms with Crippen LogP contribution in [0.3, 0.4) is 0 Å². The maximum atomic E-state index is 4.30. The predicted molar refractivity (Wildman–Crippen MR) is 58.8 cm³/mol. The van der Waals surface area contributed by atoms with Crippen LogP contribution in [-0.2, 0) is 13.0 Å². The molecule has 2 aromatic rings. The van der Waals surface area contributed by atoms with Crippen LogP contribution in [0.2, 0.25) is 0 Å². The molecule has 3 rings (SSSR count). The summed E-state index contributed by atoms with van der Waals surface area (Å²) in [7, 11) is 0. The Morgan fingerprint density at radius 2 is 2.29 bits per heavy atom. The van der Waals surface area contributed by atoms with E-state index in [2.05, 4.69) is 21.4 Å². The zero-order chi connectivity index (χ0) is 8.67. The summed E-state index contributed by atoms with van der Waals surface area (Å²) in [6, 6.07) is 4.14. The summed E-state index contributed by atoms with van der Waals surface area (Å²) >= 11 is 0. The van der Waals surface area contributed by atoms with Crippen molar-refractivity contribution in [3.8, 4) is 0 Å². The number of halogens is 1. The largest absolute Gasteiger partial charge is 0.342 e. The molecule has 74 valence electrons. The molecule has 2 N–H and O–H groups in total. The van der Waals surface area contributed by atoms with Gasteiger partial charge in [0.2, 0.25) is 0 Å². The van der Waals surface area contributed by atoms with Gasteiger partial charge in [0.1, 0.15) is 5.65 Å². The van der Waals surface area contributed by atoms with E-state index in [1.807, 2.05) is 12.3 Å².